The fourth-order valence-corrected chi connectivity index (χ4v) is 5.64. The highest BCUT2D eigenvalue weighted by Crippen LogP contribution is 2.37. The summed E-state index contributed by atoms with van der Waals surface area (Å²) in [6.45, 7) is 0.561. The van der Waals surface area contributed by atoms with E-state index in [0.717, 1.165) is 11.1 Å². The van der Waals surface area contributed by atoms with Crippen molar-refractivity contribution in [3.8, 4) is 0 Å². The summed E-state index contributed by atoms with van der Waals surface area (Å²) in [7, 11) is -3.80. The molecule has 2 aromatic carbocycles. The summed E-state index contributed by atoms with van der Waals surface area (Å²) in [6.07, 6.45) is 4.10. The van der Waals surface area contributed by atoms with E-state index in [2.05, 4.69) is 10.3 Å². The van der Waals surface area contributed by atoms with Gasteiger partial charge < -0.3 is 5.32 Å². The second-order valence-corrected chi connectivity index (χ2v) is 9.56. The van der Waals surface area contributed by atoms with Crippen LogP contribution in [-0.2, 0) is 21.4 Å². The molecular weight excluding hydrogens is 410 g/mol. The predicted molar refractivity (Wildman–Crippen MR) is 118 cm³/mol. The highest BCUT2D eigenvalue weighted by Gasteiger charge is 2.40. The van der Waals surface area contributed by atoms with Crippen molar-refractivity contribution in [2.75, 3.05) is 6.54 Å². The molecule has 1 amide bonds. The van der Waals surface area contributed by atoms with Crippen LogP contribution >= 0.6 is 0 Å². The Morgan fingerprint density at radius 2 is 1.68 bits per heavy atom. The molecule has 2 atom stereocenters. The molecule has 1 fully saturated rings. The zero-order valence-corrected chi connectivity index (χ0v) is 17.9. The minimum Gasteiger partial charge on any atom is -0.352 e. The zero-order chi connectivity index (χ0) is 21.7. The van der Waals surface area contributed by atoms with E-state index in [4.69, 9.17) is 0 Å². The van der Waals surface area contributed by atoms with E-state index in [1.165, 1.54) is 10.5 Å². The molecule has 6 nitrogen and oxygen atoms in total. The Morgan fingerprint density at radius 1 is 0.968 bits per heavy atom. The van der Waals surface area contributed by atoms with Crippen LogP contribution in [0.4, 0.5) is 0 Å². The molecule has 0 saturated carbocycles. The van der Waals surface area contributed by atoms with Crippen molar-refractivity contribution in [1.82, 2.24) is 14.6 Å². The summed E-state index contributed by atoms with van der Waals surface area (Å²) in [6, 6.07) is 22.1. The Balaban J connectivity index is 1.57. The van der Waals surface area contributed by atoms with Crippen LogP contribution in [0.15, 0.2) is 90.1 Å². The molecule has 7 heteroatoms. The maximum atomic E-state index is 13.5. The van der Waals surface area contributed by atoms with Crippen LogP contribution in [0, 0.1) is 5.92 Å². The summed E-state index contributed by atoms with van der Waals surface area (Å²) in [5.74, 6) is -0.531. The van der Waals surface area contributed by atoms with Crippen molar-refractivity contribution in [2.45, 2.75) is 30.3 Å². The van der Waals surface area contributed by atoms with Gasteiger partial charge in [0, 0.05) is 25.5 Å². The summed E-state index contributed by atoms with van der Waals surface area (Å²) >= 11 is 0. The maximum absolute atomic E-state index is 13.5. The summed E-state index contributed by atoms with van der Waals surface area (Å²) in [5, 5.41) is 2.96. The predicted octanol–water partition coefficient (Wildman–Crippen LogP) is 3.54. The van der Waals surface area contributed by atoms with Gasteiger partial charge in [0.2, 0.25) is 15.9 Å². The van der Waals surface area contributed by atoms with Crippen LogP contribution in [0.2, 0.25) is 0 Å². The van der Waals surface area contributed by atoms with Crippen molar-refractivity contribution < 1.29 is 13.2 Å². The lowest BCUT2D eigenvalue weighted by Gasteiger charge is -2.38. The van der Waals surface area contributed by atoms with Gasteiger partial charge in [0.05, 0.1) is 12.0 Å². The number of benzene rings is 2. The van der Waals surface area contributed by atoms with Crippen molar-refractivity contribution in [3.63, 3.8) is 0 Å². The van der Waals surface area contributed by atoms with E-state index in [1.54, 1.807) is 18.3 Å². The largest absolute Gasteiger partial charge is 0.352 e. The van der Waals surface area contributed by atoms with Gasteiger partial charge in [0.1, 0.15) is 4.90 Å². The molecule has 0 spiro atoms. The zero-order valence-electron chi connectivity index (χ0n) is 17.1. The third kappa shape index (κ3) is 4.84. The molecule has 4 rings (SSSR count). The number of hydrogen-bond donors (Lipinski definition) is 1. The standard InChI is InChI=1S/C24H25N3O3S/c28-24(26-16-19-8-3-1-4-9-19)21-13-14-23(20-10-5-2-6-11-20)27(18-21)31(29,30)22-12-7-15-25-17-22/h1-12,15,17,21,23H,13-14,16,18H2,(H,26,28). The van der Waals surface area contributed by atoms with Crippen molar-refractivity contribution in [3.05, 3.63) is 96.3 Å². The smallest absolute Gasteiger partial charge is 0.245 e. The summed E-state index contributed by atoms with van der Waals surface area (Å²) in [4.78, 5) is 17.0. The molecule has 3 aromatic rings. The fraction of sp³-hybridized carbons (Fsp3) is 0.250. The lowest BCUT2D eigenvalue weighted by atomic mass is 9.90. The van der Waals surface area contributed by atoms with E-state index in [1.807, 2.05) is 60.7 Å². The van der Waals surface area contributed by atoms with Crippen LogP contribution < -0.4 is 5.32 Å². The van der Waals surface area contributed by atoms with Gasteiger partial charge >= 0.3 is 0 Å². The van der Waals surface area contributed by atoms with E-state index >= 15 is 0 Å². The minimum absolute atomic E-state index is 0.123. The Morgan fingerprint density at radius 3 is 2.35 bits per heavy atom. The second kappa shape index (κ2) is 9.41. The number of piperidine rings is 1. The highest BCUT2D eigenvalue weighted by molar-refractivity contribution is 7.89. The van der Waals surface area contributed by atoms with Gasteiger partial charge in [-0.25, -0.2) is 8.42 Å². The average Bonchev–Trinajstić information content (AvgIpc) is 2.84. The molecule has 1 aliphatic rings. The summed E-state index contributed by atoms with van der Waals surface area (Å²) in [5.41, 5.74) is 1.94. The van der Waals surface area contributed by atoms with Gasteiger partial charge in [0.15, 0.2) is 0 Å². The van der Waals surface area contributed by atoms with E-state index in [9.17, 15) is 13.2 Å². The molecule has 1 aliphatic heterocycles. The average molecular weight is 436 g/mol. The molecule has 31 heavy (non-hydrogen) atoms. The van der Waals surface area contributed by atoms with Crippen molar-refractivity contribution in [2.24, 2.45) is 5.92 Å². The number of carbonyl (C=O) groups excluding carboxylic acids is 1. The normalized spacial score (nSPS) is 19.6. The minimum atomic E-state index is -3.80. The van der Waals surface area contributed by atoms with Crippen LogP contribution in [0.5, 0.6) is 0 Å². The number of nitrogens with one attached hydrogen (secondary N) is 1. The van der Waals surface area contributed by atoms with E-state index in [0.29, 0.717) is 19.4 Å². The third-order valence-electron chi connectivity index (χ3n) is 5.64. The molecule has 0 aliphatic carbocycles. The third-order valence-corrected chi connectivity index (χ3v) is 7.50. The van der Waals surface area contributed by atoms with Crippen LogP contribution in [-0.4, -0.2) is 30.2 Å². The van der Waals surface area contributed by atoms with Gasteiger partial charge in [-0.3, -0.25) is 9.78 Å². The molecule has 1 saturated heterocycles. The second-order valence-electron chi connectivity index (χ2n) is 7.67. The maximum Gasteiger partial charge on any atom is 0.245 e. The Labute approximate surface area is 183 Å². The monoisotopic (exact) mass is 435 g/mol. The van der Waals surface area contributed by atoms with Crippen molar-refractivity contribution >= 4 is 15.9 Å². The number of hydrogen-bond acceptors (Lipinski definition) is 4. The van der Waals surface area contributed by atoms with Gasteiger partial charge in [-0.2, -0.15) is 4.31 Å². The number of nitrogens with zero attached hydrogens (tertiary/aromatic N) is 2. The number of carbonyl (C=O) groups is 1. The van der Waals surface area contributed by atoms with Gasteiger partial charge in [-0.15, -0.1) is 0 Å². The number of sulfonamides is 1. The van der Waals surface area contributed by atoms with Gasteiger partial charge in [-0.1, -0.05) is 60.7 Å². The Kier molecular flexibility index (Phi) is 6.44. The SMILES string of the molecule is O=C(NCc1ccccc1)C1CCC(c2ccccc2)N(S(=O)(=O)c2cccnc2)C1. The fourth-order valence-electron chi connectivity index (χ4n) is 3.99. The first kappa shape index (κ1) is 21.2. The molecule has 160 valence electrons. The van der Waals surface area contributed by atoms with Gasteiger partial charge in [0.25, 0.3) is 0 Å². The van der Waals surface area contributed by atoms with E-state index in [-0.39, 0.29) is 23.4 Å². The number of pyridine rings is 1. The van der Waals surface area contributed by atoms with Crippen LogP contribution in [0.25, 0.3) is 0 Å². The molecule has 2 unspecified atom stereocenters. The Hall–Kier alpha value is -3.03. The first-order valence-electron chi connectivity index (χ1n) is 10.3. The molecule has 2 heterocycles. The molecule has 0 bridgehead atoms. The number of rotatable bonds is 6. The summed E-state index contributed by atoms with van der Waals surface area (Å²) < 4.78 is 28.4. The lowest BCUT2D eigenvalue weighted by molar-refractivity contribution is -0.126. The topological polar surface area (TPSA) is 79.4 Å². The van der Waals surface area contributed by atoms with Gasteiger partial charge in [-0.05, 0) is 36.1 Å². The first-order valence-corrected chi connectivity index (χ1v) is 11.8. The van der Waals surface area contributed by atoms with Crippen LogP contribution in [0.3, 0.4) is 0 Å². The molecule has 1 aromatic heterocycles. The highest BCUT2D eigenvalue weighted by atomic mass is 32.2. The first-order chi connectivity index (χ1) is 15.1. The number of amides is 1. The Bertz CT molecular complexity index is 1110. The van der Waals surface area contributed by atoms with Crippen LogP contribution in [0.1, 0.15) is 30.0 Å². The van der Waals surface area contributed by atoms with Crippen molar-refractivity contribution in [1.29, 1.82) is 0 Å². The molecule has 0 radical (unpaired) electrons. The quantitative estimate of drug-likeness (QED) is 0.642. The van der Waals surface area contributed by atoms with E-state index < -0.39 is 15.9 Å². The molecular formula is C24H25N3O3S. The number of aromatic nitrogens is 1. The lowest BCUT2D eigenvalue weighted by Crippen LogP contribution is -2.46. The molecule has 1 N–H and O–H groups in total.